The van der Waals surface area contributed by atoms with Gasteiger partial charge >= 0.3 is 0 Å². The fourth-order valence-electron chi connectivity index (χ4n) is 3.46. The SMILES string of the molecule is COc1ccc(C(=O)c2c(C(=O)NCc3cncn3C)oc3ccc(Cl)cc3c2=O)cc1OC. The summed E-state index contributed by atoms with van der Waals surface area (Å²) in [6.07, 6.45) is 3.18. The number of rotatable bonds is 7. The Hall–Kier alpha value is -4.11. The lowest BCUT2D eigenvalue weighted by Gasteiger charge is -2.12. The third kappa shape index (κ3) is 4.25. The van der Waals surface area contributed by atoms with Crippen molar-refractivity contribution in [2.75, 3.05) is 14.2 Å². The molecular weight excluding hydrogens is 462 g/mol. The third-order valence-corrected chi connectivity index (χ3v) is 5.51. The van der Waals surface area contributed by atoms with Gasteiger partial charge in [0.15, 0.2) is 11.5 Å². The lowest BCUT2D eigenvalue weighted by molar-refractivity contribution is 0.0910. The van der Waals surface area contributed by atoms with Crippen LogP contribution in [0.2, 0.25) is 5.02 Å². The van der Waals surface area contributed by atoms with Crippen LogP contribution >= 0.6 is 11.6 Å². The largest absolute Gasteiger partial charge is 0.493 e. The van der Waals surface area contributed by atoms with Gasteiger partial charge in [-0.05, 0) is 36.4 Å². The Bertz CT molecular complexity index is 1470. The molecule has 0 unspecified atom stereocenters. The highest BCUT2D eigenvalue weighted by molar-refractivity contribution is 6.31. The number of aryl methyl sites for hydroxylation is 1. The predicted octanol–water partition coefficient (Wildman–Crippen LogP) is 3.36. The van der Waals surface area contributed by atoms with Gasteiger partial charge in [-0.3, -0.25) is 14.4 Å². The van der Waals surface area contributed by atoms with Gasteiger partial charge < -0.3 is 23.8 Å². The van der Waals surface area contributed by atoms with Gasteiger partial charge in [0.2, 0.25) is 17.0 Å². The Balaban J connectivity index is 1.84. The Kier molecular flexibility index (Phi) is 6.38. The minimum absolute atomic E-state index is 0.0829. The van der Waals surface area contributed by atoms with Gasteiger partial charge in [0.25, 0.3) is 5.91 Å². The zero-order valence-corrected chi connectivity index (χ0v) is 19.3. The molecule has 0 atom stereocenters. The van der Waals surface area contributed by atoms with Gasteiger partial charge in [-0.1, -0.05) is 11.6 Å². The molecule has 0 spiro atoms. The summed E-state index contributed by atoms with van der Waals surface area (Å²) in [5.41, 5.74) is -0.120. The number of ether oxygens (including phenoxy) is 2. The summed E-state index contributed by atoms with van der Waals surface area (Å²) in [7, 11) is 4.67. The van der Waals surface area contributed by atoms with Crippen LogP contribution in [-0.4, -0.2) is 35.5 Å². The van der Waals surface area contributed by atoms with Crippen LogP contribution in [0, 0.1) is 0 Å². The molecule has 0 radical (unpaired) electrons. The summed E-state index contributed by atoms with van der Waals surface area (Å²) in [5, 5.41) is 3.05. The number of benzene rings is 2. The van der Waals surface area contributed by atoms with Crippen molar-refractivity contribution < 1.29 is 23.5 Å². The molecule has 0 saturated heterocycles. The molecule has 2 aromatic heterocycles. The lowest BCUT2D eigenvalue weighted by atomic mass is 9.99. The van der Waals surface area contributed by atoms with Gasteiger partial charge in [-0.2, -0.15) is 0 Å². The molecule has 1 amide bonds. The first-order chi connectivity index (χ1) is 16.3. The summed E-state index contributed by atoms with van der Waals surface area (Å²) in [6.45, 7) is 0.113. The fraction of sp³-hybridized carbons (Fsp3) is 0.167. The number of aromatic nitrogens is 2. The quantitative estimate of drug-likeness (QED) is 0.403. The molecule has 10 heteroatoms. The van der Waals surface area contributed by atoms with Crippen molar-refractivity contribution in [1.82, 2.24) is 14.9 Å². The highest BCUT2D eigenvalue weighted by atomic mass is 35.5. The number of nitrogens with one attached hydrogen (secondary N) is 1. The van der Waals surface area contributed by atoms with E-state index in [0.29, 0.717) is 11.5 Å². The molecule has 174 valence electrons. The number of imidazole rings is 1. The van der Waals surface area contributed by atoms with E-state index >= 15 is 0 Å². The average Bonchev–Trinajstić information content (AvgIpc) is 3.26. The maximum atomic E-state index is 13.5. The summed E-state index contributed by atoms with van der Waals surface area (Å²) in [6, 6.07) is 8.84. The van der Waals surface area contributed by atoms with E-state index in [-0.39, 0.29) is 28.1 Å². The number of hydrogen-bond donors (Lipinski definition) is 1. The van der Waals surface area contributed by atoms with Gasteiger partial charge in [-0.15, -0.1) is 0 Å². The monoisotopic (exact) mass is 481 g/mol. The van der Waals surface area contributed by atoms with Gasteiger partial charge in [-0.25, -0.2) is 4.98 Å². The van der Waals surface area contributed by atoms with Gasteiger partial charge in [0.1, 0.15) is 11.1 Å². The molecule has 9 nitrogen and oxygen atoms in total. The number of hydrogen-bond acceptors (Lipinski definition) is 7. The van der Waals surface area contributed by atoms with E-state index in [2.05, 4.69) is 10.3 Å². The van der Waals surface area contributed by atoms with E-state index in [1.807, 2.05) is 0 Å². The molecule has 0 saturated carbocycles. The number of methoxy groups -OCH3 is 2. The van der Waals surface area contributed by atoms with Crippen LogP contribution in [0.3, 0.4) is 0 Å². The van der Waals surface area contributed by atoms with E-state index in [1.54, 1.807) is 24.1 Å². The van der Waals surface area contributed by atoms with Crippen molar-refractivity contribution in [1.29, 1.82) is 0 Å². The zero-order valence-electron chi connectivity index (χ0n) is 18.5. The van der Waals surface area contributed by atoms with E-state index in [1.165, 1.54) is 50.6 Å². The second kappa shape index (κ2) is 9.40. The minimum Gasteiger partial charge on any atom is -0.493 e. The molecule has 4 aromatic rings. The molecule has 0 fully saturated rings. The van der Waals surface area contributed by atoms with Gasteiger partial charge in [0, 0.05) is 23.8 Å². The molecule has 0 aliphatic rings. The smallest absolute Gasteiger partial charge is 0.288 e. The first kappa shape index (κ1) is 23.1. The second-order valence-corrected chi connectivity index (χ2v) is 7.79. The summed E-state index contributed by atoms with van der Waals surface area (Å²) < 4.78 is 18.0. The minimum atomic E-state index is -0.723. The summed E-state index contributed by atoms with van der Waals surface area (Å²) >= 11 is 6.05. The molecule has 34 heavy (non-hydrogen) atoms. The molecule has 2 aromatic carbocycles. The summed E-state index contributed by atoms with van der Waals surface area (Å²) in [4.78, 5) is 44.0. The van der Waals surface area contributed by atoms with Crippen LogP contribution in [0.5, 0.6) is 11.5 Å². The number of halogens is 1. The van der Waals surface area contributed by atoms with Crippen molar-refractivity contribution in [2.45, 2.75) is 6.54 Å². The first-order valence-electron chi connectivity index (χ1n) is 10.1. The molecule has 0 bridgehead atoms. The Labute approximate surface area is 198 Å². The van der Waals surface area contributed by atoms with Crippen LogP contribution in [0.4, 0.5) is 0 Å². The number of fused-ring (bicyclic) bond motifs is 1. The highest BCUT2D eigenvalue weighted by Gasteiger charge is 2.27. The first-order valence-corrected chi connectivity index (χ1v) is 10.5. The number of carbonyl (C=O) groups is 2. The Morgan fingerprint density at radius 3 is 2.56 bits per heavy atom. The average molecular weight is 482 g/mol. The summed E-state index contributed by atoms with van der Waals surface area (Å²) in [5.74, 6) is -1.13. The van der Waals surface area contributed by atoms with Crippen molar-refractivity contribution in [3.63, 3.8) is 0 Å². The zero-order chi connectivity index (χ0) is 24.4. The second-order valence-electron chi connectivity index (χ2n) is 7.35. The number of nitrogens with zero attached hydrogens (tertiary/aromatic N) is 2. The molecule has 1 N–H and O–H groups in total. The van der Waals surface area contributed by atoms with Crippen LogP contribution in [0.15, 0.2) is 58.1 Å². The topological polar surface area (TPSA) is 113 Å². The fourth-order valence-corrected chi connectivity index (χ4v) is 3.63. The highest BCUT2D eigenvalue weighted by Crippen LogP contribution is 2.29. The standard InChI is InChI=1S/C24H20ClN3O6/c1-28-12-26-10-15(28)11-27-24(31)23-20(22(30)16-9-14(25)5-7-17(16)34-23)21(29)13-4-6-18(32-2)19(8-13)33-3/h4-10,12H,11H2,1-3H3,(H,27,31). The normalized spacial score (nSPS) is 10.8. The van der Waals surface area contributed by atoms with Crippen LogP contribution in [-0.2, 0) is 13.6 Å². The Morgan fingerprint density at radius 2 is 1.88 bits per heavy atom. The molecule has 4 rings (SSSR count). The van der Waals surface area contributed by atoms with E-state index in [9.17, 15) is 14.4 Å². The molecule has 0 aliphatic carbocycles. The Morgan fingerprint density at radius 1 is 1.12 bits per heavy atom. The van der Waals surface area contributed by atoms with Crippen molar-refractivity contribution >= 4 is 34.3 Å². The lowest BCUT2D eigenvalue weighted by Crippen LogP contribution is -2.29. The van der Waals surface area contributed by atoms with Crippen LogP contribution in [0.1, 0.15) is 32.2 Å². The molecule has 2 heterocycles. The van der Waals surface area contributed by atoms with Crippen LogP contribution in [0.25, 0.3) is 11.0 Å². The molecular formula is C24H20ClN3O6. The number of amides is 1. The maximum absolute atomic E-state index is 13.5. The third-order valence-electron chi connectivity index (χ3n) is 5.28. The van der Waals surface area contributed by atoms with Crippen molar-refractivity contribution in [3.8, 4) is 11.5 Å². The maximum Gasteiger partial charge on any atom is 0.288 e. The number of carbonyl (C=O) groups excluding carboxylic acids is 2. The predicted molar refractivity (Wildman–Crippen MR) is 125 cm³/mol. The van der Waals surface area contributed by atoms with Gasteiger partial charge in [0.05, 0.1) is 38.2 Å². The van der Waals surface area contributed by atoms with E-state index in [0.717, 1.165) is 5.69 Å². The van der Waals surface area contributed by atoms with Crippen molar-refractivity contribution in [2.24, 2.45) is 7.05 Å². The number of ketones is 1. The van der Waals surface area contributed by atoms with Crippen molar-refractivity contribution in [3.05, 3.63) is 86.7 Å². The molecule has 0 aliphatic heterocycles. The van der Waals surface area contributed by atoms with E-state index < -0.39 is 28.4 Å². The van der Waals surface area contributed by atoms with E-state index in [4.69, 9.17) is 25.5 Å². The van der Waals surface area contributed by atoms with Crippen LogP contribution < -0.4 is 20.2 Å².